The molecule has 0 aliphatic carbocycles. The van der Waals surface area contributed by atoms with Crippen LogP contribution in [0.15, 0.2) is 122 Å². The molecule has 0 fully saturated rings. The third-order valence-corrected chi connectivity index (χ3v) is 12.2. The minimum Gasteiger partial charge on any atom is -0.462 e. The molecule has 0 bridgehead atoms. The molecule has 6 heteroatoms. The number of ether oxygens (including phenoxy) is 3. The van der Waals surface area contributed by atoms with Gasteiger partial charge in [0.1, 0.15) is 13.2 Å². The SMILES string of the molecule is CC/C=C\C/C=C\C/C=C\C/C=C\C/C=C\C/C=C\C/C=C\C/C=C\CCCCCCCCCCCCC(=O)OCC(COC(=O)CCCCCCC)OC(=O)CCCCCCC/C=C\C/C=C\CCCC. The number of carbonyl (C=O) groups excluding carboxylic acids is 3. The molecule has 0 aromatic rings. The predicted molar refractivity (Wildman–Crippen MR) is 311 cm³/mol. The highest BCUT2D eigenvalue weighted by Crippen LogP contribution is 2.14. The van der Waals surface area contributed by atoms with Gasteiger partial charge in [-0.2, -0.15) is 0 Å². The number of allylic oxidation sites excluding steroid dienone is 20. The van der Waals surface area contributed by atoms with Gasteiger partial charge in [-0.25, -0.2) is 0 Å². The number of carbonyl (C=O) groups is 3. The van der Waals surface area contributed by atoms with Gasteiger partial charge in [0.15, 0.2) is 6.10 Å². The largest absolute Gasteiger partial charge is 0.462 e. The van der Waals surface area contributed by atoms with Gasteiger partial charge >= 0.3 is 17.9 Å². The van der Waals surface area contributed by atoms with Crippen LogP contribution >= 0.6 is 0 Å². The molecular formula is C66H108O6. The van der Waals surface area contributed by atoms with Crippen LogP contribution in [0.4, 0.5) is 0 Å². The lowest BCUT2D eigenvalue weighted by atomic mass is 10.1. The van der Waals surface area contributed by atoms with Crippen LogP contribution < -0.4 is 0 Å². The summed E-state index contributed by atoms with van der Waals surface area (Å²) in [4.78, 5) is 37.7. The zero-order valence-corrected chi connectivity index (χ0v) is 46.7. The van der Waals surface area contributed by atoms with Gasteiger partial charge in [-0.3, -0.25) is 14.4 Å². The smallest absolute Gasteiger partial charge is 0.306 e. The Hall–Kier alpha value is -4.19. The Labute approximate surface area is 443 Å². The Kier molecular flexibility index (Phi) is 55.9. The third kappa shape index (κ3) is 56.7. The highest BCUT2D eigenvalue weighted by molar-refractivity contribution is 5.71. The Morgan fingerprint density at radius 1 is 0.292 bits per heavy atom. The van der Waals surface area contributed by atoms with Crippen LogP contribution in [-0.4, -0.2) is 37.2 Å². The van der Waals surface area contributed by atoms with Crippen molar-refractivity contribution in [2.75, 3.05) is 13.2 Å². The molecule has 0 saturated heterocycles. The molecule has 0 aromatic carbocycles. The molecule has 408 valence electrons. The summed E-state index contributed by atoms with van der Waals surface area (Å²) in [5.74, 6) is -0.921. The van der Waals surface area contributed by atoms with E-state index < -0.39 is 6.10 Å². The molecule has 0 aromatic heterocycles. The van der Waals surface area contributed by atoms with Gasteiger partial charge in [-0.05, 0) is 109 Å². The molecule has 0 radical (unpaired) electrons. The first kappa shape index (κ1) is 67.8. The molecule has 1 atom stereocenters. The van der Waals surface area contributed by atoms with E-state index in [9.17, 15) is 14.4 Å². The Balaban J connectivity index is 4.03. The summed E-state index contributed by atoms with van der Waals surface area (Å²) in [7, 11) is 0. The molecule has 0 saturated carbocycles. The van der Waals surface area contributed by atoms with E-state index in [-0.39, 0.29) is 31.1 Å². The Morgan fingerprint density at radius 3 is 0.889 bits per heavy atom. The van der Waals surface area contributed by atoms with Gasteiger partial charge in [0.25, 0.3) is 0 Å². The third-order valence-electron chi connectivity index (χ3n) is 12.2. The number of rotatable bonds is 52. The normalized spacial score (nSPS) is 13.0. The highest BCUT2D eigenvalue weighted by atomic mass is 16.6. The summed E-state index contributed by atoms with van der Waals surface area (Å²) in [6, 6.07) is 0. The lowest BCUT2D eigenvalue weighted by molar-refractivity contribution is -0.167. The van der Waals surface area contributed by atoms with E-state index in [1.54, 1.807) is 0 Å². The summed E-state index contributed by atoms with van der Waals surface area (Å²) in [6.45, 7) is 6.38. The van der Waals surface area contributed by atoms with Gasteiger partial charge < -0.3 is 14.2 Å². The monoisotopic (exact) mass is 997 g/mol. The van der Waals surface area contributed by atoms with Crippen molar-refractivity contribution in [2.45, 2.75) is 264 Å². The summed E-state index contributed by atoms with van der Waals surface area (Å²) in [6.07, 6.45) is 82.5. The molecule has 0 aliphatic heterocycles. The number of hydrogen-bond donors (Lipinski definition) is 0. The van der Waals surface area contributed by atoms with Crippen molar-refractivity contribution in [2.24, 2.45) is 0 Å². The van der Waals surface area contributed by atoms with E-state index in [0.29, 0.717) is 19.3 Å². The van der Waals surface area contributed by atoms with Crippen LogP contribution in [0.1, 0.15) is 258 Å². The number of unbranched alkanes of at least 4 members (excludes halogenated alkanes) is 21. The Bertz CT molecular complexity index is 1520. The van der Waals surface area contributed by atoms with Gasteiger partial charge in [0.2, 0.25) is 0 Å². The van der Waals surface area contributed by atoms with Crippen LogP contribution in [0.2, 0.25) is 0 Å². The zero-order chi connectivity index (χ0) is 52.2. The number of esters is 3. The summed E-state index contributed by atoms with van der Waals surface area (Å²) >= 11 is 0. The maximum atomic E-state index is 12.7. The number of hydrogen-bond acceptors (Lipinski definition) is 6. The molecular weight excluding hydrogens is 889 g/mol. The van der Waals surface area contributed by atoms with Crippen molar-refractivity contribution < 1.29 is 28.6 Å². The fourth-order valence-corrected chi connectivity index (χ4v) is 7.77. The average molecular weight is 998 g/mol. The van der Waals surface area contributed by atoms with E-state index >= 15 is 0 Å². The quantitative estimate of drug-likeness (QED) is 0.0261. The van der Waals surface area contributed by atoms with E-state index in [2.05, 4.69) is 142 Å². The second-order valence-corrected chi connectivity index (χ2v) is 19.2. The molecule has 0 amide bonds. The molecule has 0 spiro atoms. The standard InChI is InChI=1S/C66H108O6/c1-4-7-10-13-15-17-19-21-23-24-25-26-27-28-29-30-31-32-33-34-35-36-37-38-39-40-41-42-43-45-46-48-50-53-56-59-65(68)71-62-63(61-70-64(67)58-55-52-12-9-6-3)72-66(69)60-57-54-51-49-47-44-22-20-18-16-14-11-8-5-2/h7,10,14-17,20-23,25-26,28-29,31-32,34-35,37-38,63H,4-6,8-9,11-13,18-19,24,27,30,33,36,39-62H2,1-3H3/b10-7-,16-14-,17-15-,22-20-,23-21-,26-25-,29-28-,32-31-,35-34-,38-37-. The first-order valence-corrected chi connectivity index (χ1v) is 29.5. The summed E-state index contributed by atoms with van der Waals surface area (Å²) in [5, 5.41) is 0. The molecule has 0 aliphatic rings. The van der Waals surface area contributed by atoms with Crippen LogP contribution in [0.3, 0.4) is 0 Å². The molecule has 6 nitrogen and oxygen atoms in total. The van der Waals surface area contributed by atoms with Crippen molar-refractivity contribution in [3.05, 3.63) is 122 Å². The summed E-state index contributed by atoms with van der Waals surface area (Å²) in [5.41, 5.74) is 0. The highest BCUT2D eigenvalue weighted by Gasteiger charge is 2.19. The first-order valence-electron chi connectivity index (χ1n) is 29.5. The van der Waals surface area contributed by atoms with Crippen LogP contribution in [0.25, 0.3) is 0 Å². The lowest BCUT2D eigenvalue weighted by Crippen LogP contribution is -2.30. The zero-order valence-electron chi connectivity index (χ0n) is 46.7. The van der Waals surface area contributed by atoms with E-state index in [4.69, 9.17) is 14.2 Å². The fourth-order valence-electron chi connectivity index (χ4n) is 7.77. The maximum absolute atomic E-state index is 12.7. The van der Waals surface area contributed by atoms with Gasteiger partial charge in [0.05, 0.1) is 0 Å². The van der Waals surface area contributed by atoms with E-state index in [0.717, 1.165) is 141 Å². The van der Waals surface area contributed by atoms with Crippen LogP contribution in [-0.2, 0) is 28.6 Å². The van der Waals surface area contributed by atoms with Crippen LogP contribution in [0, 0.1) is 0 Å². The van der Waals surface area contributed by atoms with Crippen molar-refractivity contribution in [1.82, 2.24) is 0 Å². The van der Waals surface area contributed by atoms with Crippen molar-refractivity contribution in [3.63, 3.8) is 0 Å². The second kappa shape index (κ2) is 59.4. The fraction of sp³-hybridized carbons (Fsp3) is 0.652. The molecule has 72 heavy (non-hydrogen) atoms. The predicted octanol–water partition coefficient (Wildman–Crippen LogP) is 20.0. The van der Waals surface area contributed by atoms with E-state index in [1.807, 2.05) is 0 Å². The average Bonchev–Trinajstić information content (AvgIpc) is 3.38. The second-order valence-electron chi connectivity index (χ2n) is 19.2. The molecule has 1 unspecified atom stereocenters. The Morgan fingerprint density at radius 2 is 0.556 bits per heavy atom. The van der Waals surface area contributed by atoms with Crippen molar-refractivity contribution in [1.29, 1.82) is 0 Å². The summed E-state index contributed by atoms with van der Waals surface area (Å²) < 4.78 is 16.7. The van der Waals surface area contributed by atoms with Crippen molar-refractivity contribution >= 4 is 17.9 Å². The van der Waals surface area contributed by atoms with E-state index in [1.165, 1.54) is 77.0 Å². The van der Waals surface area contributed by atoms with Gasteiger partial charge in [0, 0.05) is 19.3 Å². The van der Waals surface area contributed by atoms with Gasteiger partial charge in [-0.1, -0.05) is 251 Å². The first-order chi connectivity index (χ1) is 35.5. The topological polar surface area (TPSA) is 78.9 Å². The molecule has 0 rings (SSSR count). The lowest BCUT2D eigenvalue weighted by Gasteiger charge is -2.18. The molecule has 0 heterocycles. The minimum absolute atomic E-state index is 0.0863. The molecule has 0 N–H and O–H groups in total. The van der Waals surface area contributed by atoms with Crippen LogP contribution in [0.5, 0.6) is 0 Å². The maximum Gasteiger partial charge on any atom is 0.306 e. The van der Waals surface area contributed by atoms with Crippen molar-refractivity contribution in [3.8, 4) is 0 Å². The minimum atomic E-state index is -0.784. The van der Waals surface area contributed by atoms with Gasteiger partial charge in [-0.15, -0.1) is 0 Å².